The van der Waals surface area contributed by atoms with E-state index in [0.717, 1.165) is 0 Å². The Labute approximate surface area is 147 Å². The molecule has 3 rings (SSSR count). The molecule has 1 spiro atoms. The molecule has 1 aromatic carbocycles. The van der Waals surface area contributed by atoms with Gasteiger partial charge in [0.05, 0.1) is 23.6 Å². The highest BCUT2D eigenvalue weighted by atomic mass is 32.2. The van der Waals surface area contributed by atoms with Crippen LogP contribution in [0.2, 0.25) is 0 Å². The molecule has 2 fully saturated rings. The van der Waals surface area contributed by atoms with Gasteiger partial charge in [-0.05, 0) is 25.8 Å². The molecule has 0 aliphatic carbocycles. The Morgan fingerprint density at radius 3 is 2.56 bits per heavy atom. The number of piperidine rings is 1. The molecular formula is C17H24FNO5S. The number of benzene rings is 1. The molecular weight excluding hydrogens is 349 g/mol. The summed E-state index contributed by atoms with van der Waals surface area (Å²) < 4.78 is 46.0. The van der Waals surface area contributed by atoms with E-state index >= 15 is 0 Å². The second-order valence-electron chi connectivity index (χ2n) is 7.17. The van der Waals surface area contributed by atoms with Crippen molar-refractivity contribution in [1.29, 1.82) is 0 Å². The van der Waals surface area contributed by atoms with E-state index in [0.29, 0.717) is 25.9 Å². The van der Waals surface area contributed by atoms with Gasteiger partial charge in [-0.25, -0.2) is 17.1 Å². The van der Waals surface area contributed by atoms with Gasteiger partial charge in [0.25, 0.3) is 0 Å². The van der Waals surface area contributed by atoms with E-state index in [1.807, 2.05) is 0 Å². The Morgan fingerprint density at radius 1 is 1.28 bits per heavy atom. The second kappa shape index (κ2) is 6.59. The molecule has 2 atom stereocenters. The minimum absolute atomic E-state index is 0.139. The van der Waals surface area contributed by atoms with E-state index in [1.54, 1.807) is 13.0 Å². The zero-order chi connectivity index (χ0) is 18.3. The van der Waals surface area contributed by atoms with E-state index in [2.05, 4.69) is 0 Å². The lowest BCUT2D eigenvalue weighted by Gasteiger charge is -2.51. The van der Waals surface area contributed by atoms with Crippen molar-refractivity contribution in [2.45, 2.75) is 49.2 Å². The van der Waals surface area contributed by atoms with Gasteiger partial charge < -0.3 is 14.9 Å². The molecule has 6 nitrogen and oxygen atoms in total. The van der Waals surface area contributed by atoms with E-state index in [4.69, 9.17) is 4.74 Å². The highest BCUT2D eigenvalue weighted by Gasteiger charge is 2.53. The molecule has 0 amide bonds. The molecule has 0 radical (unpaired) electrons. The van der Waals surface area contributed by atoms with Crippen molar-refractivity contribution in [3.05, 3.63) is 35.6 Å². The third-order valence-corrected chi connectivity index (χ3v) is 7.17. The van der Waals surface area contributed by atoms with Crippen molar-refractivity contribution in [3.8, 4) is 0 Å². The predicted octanol–water partition coefficient (Wildman–Crippen LogP) is 1.02. The third-order valence-electron chi connectivity index (χ3n) is 5.34. The van der Waals surface area contributed by atoms with Crippen molar-refractivity contribution < 1.29 is 27.8 Å². The summed E-state index contributed by atoms with van der Waals surface area (Å²) in [6.45, 7) is 2.24. The Balaban J connectivity index is 1.70. The number of rotatable bonds is 3. The van der Waals surface area contributed by atoms with Crippen LogP contribution in [-0.4, -0.2) is 59.9 Å². The summed E-state index contributed by atoms with van der Waals surface area (Å²) in [7, 11) is -3.67. The number of nitrogens with zero attached hydrogens (tertiary/aromatic N) is 1. The van der Waals surface area contributed by atoms with Crippen LogP contribution in [-0.2, 0) is 20.5 Å². The van der Waals surface area contributed by atoms with E-state index < -0.39 is 38.9 Å². The third kappa shape index (κ3) is 3.59. The van der Waals surface area contributed by atoms with Crippen molar-refractivity contribution in [3.63, 3.8) is 0 Å². The molecule has 0 aromatic heterocycles. The van der Waals surface area contributed by atoms with Crippen LogP contribution < -0.4 is 0 Å². The number of aliphatic hydroxyl groups excluding tert-OH is 1. The van der Waals surface area contributed by atoms with Gasteiger partial charge in [0, 0.05) is 25.1 Å². The highest BCUT2D eigenvalue weighted by Crippen LogP contribution is 2.40. The molecule has 0 saturated carbocycles. The van der Waals surface area contributed by atoms with Crippen LogP contribution in [0.1, 0.15) is 31.7 Å². The molecule has 2 N–H and O–H groups in total. The van der Waals surface area contributed by atoms with Gasteiger partial charge in [-0.1, -0.05) is 18.2 Å². The first-order valence-electron chi connectivity index (χ1n) is 8.42. The maximum Gasteiger partial charge on any atom is 0.218 e. The van der Waals surface area contributed by atoms with Crippen LogP contribution in [0.3, 0.4) is 0 Å². The van der Waals surface area contributed by atoms with Gasteiger partial charge in [-0.2, -0.15) is 0 Å². The standard InChI is InChI=1S/C17H24FNO5S/c1-16(21)8-11-24-17(15(16)20)6-9-19(10-7-17)25(22,23)12-13-4-2-3-5-14(13)18/h2-5,15,20-21H,6-12H2,1H3/t15-,16+/m0/s1. The number of halogens is 1. The number of ether oxygens (including phenoxy) is 1. The van der Waals surface area contributed by atoms with E-state index in [-0.39, 0.29) is 18.7 Å². The Morgan fingerprint density at radius 2 is 1.92 bits per heavy atom. The van der Waals surface area contributed by atoms with Crippen LogP contribution in [0.25, 0.3) is 0 Å². The molecule has 2 aliphatic heterocycles. The first-order chi connectivity index (χ1) is 11.7. The summed E-state index contributed by atoms with van der Waals surface area (Å²) >= 11 is 0. The number of sulfonamides is 1. The average molecular weight is 373 g/mol. The maximum absolute atomic E-state index is 13.7. The topological polar surface area (TPSA) is 87.1 Å². The number of hydrogen-bond donors (Lipinski definition) is 2. The van der Waals surface area contributed by atoms with Gasteiger partial charge in [0.15, 0.2) is 0 Å². The van der Waals surface area contributed by atoms with Crippen LogP contribution in [0.15, 0.2) is 24.3 Å². The Kier molecular flexibility index (Phi) is 4.93. The van der Waals surface area contributed by atoms with Crippen molar-refractivity contribution in [1.82, 2.24) is 4.31 Å². The summed E-state index contributed by atoms with van der Waals surface area (Å²) in [5, 5.41) is 20.8. The van der Waals surface area contributed by atoms with Crippen LogP contribution >= 0.6 is 0 Å². The highest BCUT2D eigenvalue weighted by molar-refractivity contribution is 7.88. The number of aliphatic hydroxyl groups is 2. The smallest absolute Gasteiger partial charge is 0.218 e. The molecule has 0 unspecified atom stereocenters. The fraction of sp³-hybridized carbons (Fsp3) is 0.647. The quantitative estimate of drug-likeness (QED) is 0.826. The second-order valence-corrected chi connectivity index (χ2v) is 9.14. The molecule has 2 saturated heterocycles. The summed E-state index contributed by atoms with van der Waals surface area (Å²) in [6.07, 6.45) is -0.141. The van der Waals surface area contributed by atoms with Crippen molar-refractivity contribution in [2.24, 2.45) is 0 Å². The zero-order valence-electron chi connectivity index (χ0n) is 14.2. The number of hydrogen-bond acceptors (Lipinski definition) is 5. The minimum Gasteiger partial charge on any atom is -0.387 e. The summed E-state index contributed by atoms with van der Waals surface area (Å²) in [5.74, 6) is -0.935. The Bertz CT molecular complexity index is 728. The lowest BCUT2D eigenvalue weighted by atomic mass is 9.75. The summed E-state index contributed by atoms with van der Waals surface area (Å²) in [5.41, 5.74) is -2.03. The van der Waals surface area contributed by atoms with Crippen molar-refractivity contribution in [2.75, 3.05) is 19.7 Å². The molecule has 8 heteroatoms. The van der Waals surface area contributed by atoms with Gasteiger partial charge >= 0.3 is 0 Å². The average Bonchev–Trinajstić information content (AvgIpc) is 2.55. The molecule has 0 bridgehead atoms. The fourth-order valence-corrected chi connectivity index (χ4v) is 5.26. The molecule has 2 heterocycles. The van der Waals surface area contributed by atoms with E-state index in [9.17, 15) is 23.0 Å². The lowest BCUT2D eigenvalue weighted by molar-refractivity contribution is -0.243. The molecule has 2 aliphatic rings. The van der Waals surface area contributed by atoms with Crippen molar-refractivity contribution >= 4 is 10.0 Å². The van der Waals surface area contributed by atoms with Gasteiger partial charge in [0.2, 0.25) is 10.0 Å². The normalized spacial score (nSPS) is 30.5. The van der Waals surface area contributed by atoms with Crippen LogP contribution in [0.5, 0.6) is 0 Å². The van der Waals surface area contributed by atoms with Gasteiger partial charge in [-0.3, -0.25) is 0 Å². The minimum atomic E-state index is -3.67. The molecule has 1 aromatic rings. The molecule has 25 heavy (non-hydrogen) atoms. The first-order valence-corrected chi connectivity index (χ1v) is 10.0. The van der Waals surface area contributed by atoms with Gasteiger partial charge in [0.1, 0.15) is 11.9 Å². The zero-order valence-corrected chi connectivity index (χ0v) is 15.0. The van der Waals surface area contributed by atoms with Crippen LogP contribution in [0.4, 0.5) is 4.39 Å². The molecule has 140 valence electrons. The summed E-state index contributed by atoms with van der Waals surface area (Å²) in [4.78, 5) is 0. The monoisotopic (exact) mass is 373 g/mol. The largest absolute Gasteiger partial charge is 0.387 e. The van der Waals surface area contributed by atoms with Crippen LogP contribution in [0, 0.1) is 5.82 Å². The first kappa shape index (κ1) is 18.7. The maximum atomic E-state index is 13.7. The predicted molar refractivity (Wildman–Crippen MR) is 89.8 cm³/mol. The SMILES string of the molecule is C[C@@]1(O)CCOC2(CCN(S(=O)(=O)Cc3ccccc3F)CC2)[C@H]1O. The fourth-order valence-electron chi connectivity index (χ4n) is 3.71. The van der Waals surface area contributed by atoms with E-state index in [1.165, 1.54) is 22.5 Å². The van der Waals surface area contributed by atoms with Gasteiger partial charge in [-0.15, -0.1) is 0 Å². The Hall–Kier alpha value is -1.06. The summed E-state index contributed by atoms with van der Waals surface area (Å²) in [6, 6.07) is 5.82. The lowest BCUT2D eigenvalue weighted by Crippen LogP contribution is -2.64.